The first kappa shape index (κ1) is 15.4. The van der Waals surface area contributed by atoms with Gasteiger partial charge in [-0.1, -0.05) is 29.8 Å². The van der Waals surface area contributed by atoms with Gasteiger partial charge >= 0.3 is 0 Å². The Labute approximate surface area is 124 Å². The van der Waals surface area contributed by atoms with Crippen LogP contribution in [0.3, 0.4) is 0 Å². The molecule has 108 valence electrons. The van der Waals surface area contributed by atoms with Crippen molar-refractivity contribution in [1.29, 1.82) is 0 Å². The summed E-state index contributed by atoms with van der Waals surface area (Å²) >= 11 is 6.58. The predicted molar refractivity (Wildman–Crippen MR) is 75.9 cm³/mol. The van der Waals surface area contributed by atoms with Gasteiger partial charge < -0.3 is 5.11 Å². The summed E-state index contributed by atoms with van der Waals surface area (Å²) in [4.78, 5) is 0. The lowest BCUT2D eigenvalue weighted by molar-refractivity contribution is 0.177. The molecular formula is C12H11ClFNO3S2. The van der Waals surface area contributed by atoms with Gasteiger partial charge in [-0.05, 0) is 18.2 Å². The van der Waals surface area contributed by atoms with E-state index in [4.69, 9.17) is 11.6 Å². The van der Waals surface area contributed by atoms with Crippen LogP contribution in [-0.2, 0) is 10.0 Å². The van der Waals surface area contributed by atoms with Crippen LogP contribution in [0.15, 0.2) is 40.6 Å². The maximum Gasteiger partial charge on any atom is 0.250 e. The van der Waals surface area contributed by atoms with Gasteiger partial charge in [-0.2, -0.15) is 0 Å². The number of halogens is 2. The average molecular weight is 336 g/mol. The van der Waals surface area contributed by atoms with E-state index in [1.807, 2.05) is 0 Å². The first-order chi connectivity index (χ1) is 9.40. The van der Waals surface area contributed by atoms with Gasteiger partial charge in [-0.3, -0.25) is 0 Å². The van der Waals surface area contributed by atoms with Crippen LogP contribution in [0.25, 0.3) is 0 Å². The highest BCUT2D eigenvalue weighted by molar-refractivity contribution is 7.91. The molecule has 0 spiro atoms. The van der Waals surface area contributed by atoms with Gasteiger partial charge in [-0.25, -0.2) is 17.5 Å². The number of sulfonamides is 1. The van der Waals surface area contributed by atoms with Crippen molar-refractivity contribution >= 4 is 33.0 Å². The molecule has 1 atom stereocenters. The van der Waals surface area contributed by atoms with E-state index in [1.165, 1.54) is 30.3 Å². The number of thiophene rings is 1. The second kappa shape index (κ2) is 6.19. The molecule has 20 heavy (non-hydrogen) atoms. The standard InChI is InChI=1S/C12H11ClFNO3S2/c13-11-5-6-12(19-11)20(17,18)15-7-10(16)8-3-1-2-4-9(8)14/h1-6,10,15-16H,7H2. The zero-order valence-corrected chi connectivity index (χ0v) is 12.5. The summed E-state index contributed by atoms with van der Waals surface area (Å²) in [5.74, 6) is -0.585. The van der Waals surface area contributed by atoms with Crippen molar-refractivity contribution in [2.75, 3.05) is 6.54 Å². The van der Waals surface area contributed by atoms with E-state index in [0.717, 1.165) is 11.3 Å². The Morgan fingerprint density at radius 1 is 1.30 bits per heavy atom. The Kier molecular flexibility index (Phi) is 4.77. The molecule has 0 saturated carbocycles. The summed E-state index contributed by atoms with van der Waals surface area (Å²) in [6.07, 6.45) is -1.26. The number of benzene rings is 1. The highest BCUT2D eigenvalue weighted by Gasteiger charge is 2.19. The van der Waals surface area contributed by atoms with Crippen LogP contribution in [0, 0.1) is 5.82 Å². The van der Waals surface area contributed by atoms with E-state index < -0.39 is 21.9 Å². The fourth-order valence-corrected chi connectivity index (χ4v) is 4.12. The van der Waals surface area contributed by atoms with Crippen molar-refractivity contribution in [3.8, 4) is 0 Å². The van der Waals surface area contributed by atoms with Crippen molar-refractivity contribution in [3.05, 3.63) is 52.1 Å². The molecule has 2 N–H and O–H groups in total. The van der Waals surface area contributed by atoms with Crippen molar-refractivity contribution in [3.63, 3.8) is 0 Å². The molecule has 2 rings (SSSR count). The van der Waals surface area contributed by atoms with Crippen LogP contribution in [0.4, 0.5) is 4.39 Å². The largest absolute Gasteiger partial charge is 0.387 e. The third-order valence-electron chi connectivity index (χ3n) is 2.54. The molecule has 2 aromatic rings. The Bertz CT molecular complexity index is 702. The third-order valence-corrected chi connectivity index (χ3v) is 5.69. The molecule has 8 heteroatoms. The van der Waals surface area contributed by atoms with Crippen molar-refractivity contribution in [2.45, 2.75) is 10.3 Å². The van der Waals surface area contributed by atoms with Crippen LogP contribution in [-0.4, -0.2) is 20.1 Å². The van der Waals surface area contributed by atoms with E-state index in [-0.39, 0.29) is 16.3 Å². The summed E-state index contributed by atoms with van der Waals surface area (Å²) < 4.78 is 39.9. The second-order valence-corrected chi connectivity index (χ2v) is 7.66. The van der Waals surface area contributed by atoms with Crippen LogP contribution in [0.1, 0.15) is 11.7 Å². The molecule has 1 aromatic heterocycles. The van der Waals surface area contributed by atoms with Crippen molar-refractivity contribution < 1.29 is 17.9 Å². The molecule has 1 aromatic carbocycles. The Morgan fingerprint density at radius 2 is 2.00 bits per heavy atom. The number of aliphatic hydroxyl groups is 1. The molecule has 0 aliphatic carbocycles. The summed E-state index contributed by atoms with van der Waals surface area (Å²) in [5.41, 5.74) is 0.0411. The van der Waals surface area contributed by atoms with Gasteiger partial charge in [0.05, 0.1) is 10.4 Å². The number of hydrogen-bond acceptors (Lipinski definition) is 4. The van der Waals surface area contributed by atoms with Crippen LogP contribution in [0.5, 0.6) is 0 Å². The Morgan fingerprint density at radius 3 is 2.60 bits per heavy atom. The number of nitrogens with one attached hydrogen (secondary N) is 1. The van der Waals surface area contributed by atoms with E-state index in [9.17, 15) is 17.9 Å². The molecule has 0 saturated heterocycles. The topological polar surface area (TPSA) is 66.4 Å². The van der Waals surface area contributed by atoms with E-state index >= 15 is 0 Å². The minimum absolute atomic E-state index is 0.0411. The first-order valence-corrected chi connectivity index (χ1v) is 8.25. The smallest absolute Gasteiger partial charge is 0.250 e. The van der Waals surface area contributed by atoms with Gasteiger partial charge in [0.2, 0.25) is 10.0 Å². The lowest BCUT2D eigenvalue weighted by Gasteiger charge is -2.12. The Balaban J connectivity index is 2.07. The molecule has 0 aliphatic rings. The van der Waals surface area contributed by atoms with Gasteiger partial charge in [0.15, 0.2) is 0 Å². The summed E-state index contributed by atoms with van der Waals surface area (Å²) in [6, 6.07) is 8.49. The monoisotopic (exact) mass is 335 g/mol. The average Bonchev–Trinajstić information content (AvgIpc) is 2.84. The fraction of sp³-hybridized carbons (Fsp3) is 0.167. The molecular weight excluding hydrogens is 325 g/mol. The maximum absolute atomic E-state index is 13.4. The molecule has 1 unspecified atom stereocenters. The van der Waals surface area contributed by atoms with Crippen LogP contribution in [0.2, 0.25) is 4.34 Å². The second-order valence-electron chi connectivity index (χ2n) is 3.95. The highest BCUT2D eigenvalue weighted by atomic mass is 35.5. The van der Waals surface area contributed by atoms with Crippen LogP contribution < -0.4 is 4.72 Å². The molecule has 0 bridgehead atoms. The third kappa shape index (κ3) is 3.56. The number of rotatable bonds is 5. The predicted octanol–water partition coefficient (Wildman–Crippen LogP) is 2.55. The SMILES string of the molecule is O=S(=O)(NCC(O)c1ccccc1F)c1ccc(Cl)s1. The van der Waals surface area contributed by atoms with Crippen LogP contribution >= 0.6 is 22.9 Å². The number of aliphatic hydroxyl groups excluding tert-OH is 1. The molecule has 1 heterocycles. The quantitative estimate of drug-likeness (QED) is 0.882. The zero-order valence-electron chi connectivity index (χ0n) is 10.1. The van der Waals surface area contributed by atoms with Gasteiger partial charge in [0, 0.05) is 12.1 Å². The minimum Gasteiger partial charge on any atom is -0.387 e. The Hall–Kier alpha value is -0.990. The minimum atomic E-state index is -3.75. The lowest BCUT2D eigenvalue weighted by atomic mass is 10.1. The summed E-state index contributed by atoms with van der Waals surface area (Å²) in [7, 11) is -3.75. The molecule has 4 nitrogen and oxygen atoms in total. The van der Waals surface area contributed by atoms with Crippen molar-refractivity contribution in [2.24, 2.45) is 0 Å². The van der Waals surface area contributed by atoms with E-state index in [1.54, 1.807) is 6.07 Å². The molecule has 0 fully saturated rings. The van der Waals surface area contributed by atoms with Gasteiger partial charge in [-0.15, -0.1) is 11.3 Å². The fourth-order valence-electron chi connectivity index (χ4n) is 1.56. The van der Waals surface area contributed by atoms with E-state index in [0.29, 0.717) is 4.34 Å². The number of hydrogen-bond donors (Lipinski definition) is 2. The maximum atomic E-state index is 13.4. The highest BCUT2D eigenvalue weighted by Crippen LogP contribution is 2.25. The summed E-state index contributed by atoms with van der Waals surface area (Å²) in [6.45, 7) is -0.321. The first-order valence-electron chi connectivity index (χ1n) is 5.57. The van der Waals surface area contributed by atoms with E-state index in [2.05, 4.69) is 4.72 Å². The van der Waals surface area contributed by atoms with Gasteiger partial charge in [0.25, 0.3) is 0 Å². The van der Waals surface area contributed by atoms with Gasteiger partial charge in [0.1, 0.15) is 10.0 Å². The van der Waals surface area contributed by atoms with Crippen molar-refractivity contribution in [1.82, 2.24) is 4.72 Å². The molecule has 0 aliphatic heterocycles. The lowest BCUT2D eigenvalue weighted by Crippen LogP contribution is -2.28. The normalized spacial score (nSPS) is 13.3. The molecule has 0 radical (unpaired) electrons. The molecule has 0 amide bonds. The summed E-state index contributed by atoms with van der Waals surface area (Å²) in [5, 5.41) is 9.83. The zero-order chi connectivity index (χ0) is 14.8.